The van der Waals surface area contributed by atoms with E-state index in [0.717, 1.165) is 58.0 Å². The molecule has 0 aromatic heterocycles. The van der Waals surface area contributed by atoms with Gasteiger partial charge in [0.05, 0.1) is 18.3 Å². The Morgan fingerprint density at radius 2 is 1.67 bits per heavy atom. The van der Waals surface area contributed by atoms with E-state index in [-0.39, 0.29) is 63.3 Å². The lowest BCUT2D eigenvalue weighted by molar-refractivity contribution is -0.185. The zero-order valence-corrected chi connectivity index (χ0v) is 27.6. The van der Waals surface area contributed by atoms with Crippen LogP contribution in [-0.2, 0) is 14.2 Å². The molecule has 2 saturated heterocycles. The molecule has 5 saturated carbocycles. The number of aliphatic hydroxyl groups is 1. The molecule has 0 aromatic rings. The fourth-order valence-corrected chi connectivity index (χ4v) is 13.2. The molecule has 2 heterocycles. The van der Waals surface area contributed by atoms with Gasteiger partial charge in [-0.2, -0.15) is 0 Å². The summed E-state index contributed by atoms with van der Waals surface area (Å²) >= 11 is 0. The van der Waals surface area contributed by atoms with E-state index in [1.54, 1.807) is 0 Å². The predicted molar refractivity (Wildman–Crippen MR) is 162 cm³/mol. The van der Waals surface area contributed by atoms with Crippen molar-refractivity contribution in [1.29, 1.82) is 0 Å². The summed E-state index contributed by atoms with van der Waals surface area (Å²) in [5, 5.41) is 12.5. The molecule has 242 valence electrons. The monoisotopic (exact) mass is 600 g/mol. The van der Waals surface area contributed by atoms with Gasteiger partial charge >= 0.3 is 12.2 Å². The van der Waals surface area contributed by atoms with Crippen LogP contribution >= 0.6 is 0 Å². The molecular weight excluding hydrogens is 544 g/mol. The fraction of sp³-hybridized carbons (Fsp3) is 0.943. The number of likely N-dealkylation sites (tertiary alicyclic amines) is 1. The standard InChI is InChI=1S/C35H56N2O6/c1-19(2)26(43-29(36)39)21-17-20(3)25-27(41-21)28(38)33(7)23-10-9-22-31(4,5)24(42-30(40)37-15-8-16-37)11-12-34(22)18-35(23,34)14-13-32(25,33)6/h19-28,38H,8-18H2,1-7H3,(H2,36,39)/t20-,21?,22+,23?,24+,25+,26-,27?,28+,32-,33-,34?,35+/m1/s1. The summed E-state index contributed by atoms with van der Waals surface area (Å²) in [6.07, 6.45) is 7.36. The Bertz CT molecular complexity index is 1170. The second kappa shape index (κ2) is 9.49. The van der Waals surface area contributed by atoms with Crippen LogP contribution in [0.5, 0.6) is 0 Å². The first kappa shape index (κ1) is 30.1. The molecule has 43 heavy (non-hydrogen) atoms. The number of carbonyl (C=O) groups is 2. The summed E-state index contributed by atoms with van der Waals surface area (Å²) in [6, 6.07) is 0. The lowest BCUT2D eigenvalue weighted by Gasteiger charge is -2.63. The van der Waals surface area contributed by atoms with Gasteiger partial charge in [0.1, 0.15) is 12.2 Å². The van der Waals surface area contributed by atoms with Crippen molar-refractivity contribution < 1.29 is 28.9 Å². The summed E-state index contributed by atoms with van der Waals surface area (Å²) in [6.45, 7) is 17.6. The summed E-state index contributed by atoms with van der Waals surface area (Å²) in [5.74, 6) is 1.66. The molecule has 7 rings (SSSR count). The maximum atomic E-state index is 12.8. The van der Waals surface area contributed by atoms with E-state index in [1.807, 2.05) is 18.7 Å². The van der Waals surface area contributed by atoms with Gasteiger partial charge in [0.25, 0.3) is 0 Å². The smallest absolute Gasteiger partial charge is 0.410 e. The van der Waals surface area contributed by atoms with Crippen LogP contribution in [-0.4, -0.2) is 65.8 Å². The third kappa shape index (κ3) is 3.74. The van der Waals surface area contributed by atoms with Crippen molar-refractivity contribution in [2.24, 2.45) is 62.4 Å². The highest BCUT2D eigenvalue weighted by atomic mass is 16.6. The van der Waals surface area contributed by atoms with Crippen LogP contribution in [0, 0.1) is 56.7 Å². The van der Waals surface area contributed by atoms with Crippen LogP contribution in [0.4, 0.5) is 9.59 Å². The number of nitrogens with zero attached hydrogens (tertiary/aromatic N) is 1. The highest BCUT2D eigenvalue weighted by Crippen LogP contribution is 2.89. The largest absolute Gasteiger partial charge is 0.446 e. The first-order valence-electron chi connectivity index (χ1n) is 17.4. The highest BCUT2D eigenvalue weighted by molar-refractivity contribution is 5.68. The molecule has 7 aliphatic rings. The third-order valence-corrected chi connectivity index (χ3v) is 15.4. The Labute approximate surface area is 258 Å². The second-order valence-corrected chi connectivity index (χ2v) is 17.4. The molecular formula is C35H56N2O6. The number of fused-ring (bicyclic) bond motifs is 4. The molecule has 2 amide bonds. The van der Waals surface area contributed by atoms with Crippen molar-refractivity contribution in [3.8, 4) is 0 Å². The second-order valence-electron chi connectivity index (χ2n) is 17.4. The molecule has 0 radical (unpaired) electrons. The number of primary amides is 1. The van der Waals surface area contributed by atoms with Crippen molar-refractivity contribution >= 4 is 12.2 Å². The van der Waals surface area contributed by atoms with E-state index in [1.165, 1.54) is 12.8 Å². The lowest BCUT2D eigenvalue weighted by Crippen LogP contribution is -2.60. The minimum atomic E-state index is -0.762. The van der Waals surface area contributed by atoms with Gasteiger partial charge in [-0.25, -0.2) is 9.59 Å². The van der Waals surface area contributed by atoms with Gasteiger partial charge in [0.15, 0.2) is 0 Å². The number of rotatable bonds is 4. The molecule has 5 aliphatic carbocycles. The van der Waals surface area contributed by atoms with Crippen LogP contribution in [0.15, 0.2) is 0 Å². The van der Waals surface area contributed by atoms with Crippen LogP contribution in [0.2, 0.25) is 0 Å². The van der Waals surface area contributed by atoms with Crippen molar-refractivity contribution in [3.63, 3.8) is 0 Å². The van der Waals surface area contributed by atoms with Crippen LogP contribution in [0.25, 0.3) is 0 Å². The van der Waals surface area contributed by atoms with E-state index in [9.17, 15) is 14.7 Å². The van der Waals surface area contributed by atoms with Gasteiger partial charge in [-0.1, -0.05) is 48.5 Å². The SMILES string of the molecule is CC(C)[C@@H](OC(N)=O)C1C[C@@H](C)[C@H]2C(O1)[C@H](O)[C@@]1(C)C3CC[C@H]4C(C)(C)[C@@H](OC(=O)N5CCC5)CCC45C[C@@]35CC[C@]21C. The first-order valence-corrected chi connectivity index (χ1v) is 17.4. The predicted octanol–water partition coefficient (Wildman–Crippen LogP) is 6.13. The van der Waals surface area contributed by atoms with Crippen LogP contribution in [0.1, 0.15) is 106 Å². The van der Waals surface area contributed by atoms with Crippen molar-refractivity contribution in [1.82, 2.24) is 4.90 Å². The van der Waals surface area contributed by atoms with Crippen molar-refractivity contribution in [2.45, 2.75) is 137 Å². The number of nitrogens with two attached hydrogens (primary N) is 1. The Balaban J connectivity index is 1.16. The van der Waals surface area contributed by atoms with Crippen molar-refractivity contribution in [3.05, 3.63) is 0 Å². The number of hydrogen-bond donors (Lipinski definition) is 2. The molecule has 0 bridgehead atoms. The number of amides is 2. The quantitative estimate of drug-likeness (QED) is 0.402. The summed E-state index contributed by atoms with van der Waals surface area (Å²) in [4.78, 5) is 26.5. The van der Waals surface area contributed by atoms with Crippen molar-refractivity contribution in [2.75, 3.05) is 13.1 Å². The lowest BCUT2D eigenvalue weighted by atomic mass is 9.41. The van der Waals surface area contributed by atoms with Gasteiger partial charge in [-0.3, -0.25) is 0 Å². The van der Waals surface area contributed by atoms with Gasteiger partial charge < -0.3 is 30.0 Å². The molecule has 2 aliphatic heterocycles. The van der Waals surface area contributed by atoms with Gasteiger partial charge in [0.2, 0.25) is 0 Å². The number of ether oxygens (including phenoxy) is 3. The molecule has 3 N–H and O–H groups in total. The molecule has 13 atom stereocenters. The zero-order chi connectivity index (χ0) is 30.9. The first-order chi connectivity index (χ1) is 20.1. The maximum absolute atomic E-state index is 12.8. The Morgan fingerprint density at radius 1 is 1.00 bits per heavy atom. The van der Waals surface area contributed by atoms with Gasteiger partial charge in [-0.15, -0.1) is 0 Å². The maximum Gasteiger partial charge on any atom is 0.410 e. The zero-order valence-electron chi connectivity index (χ0n) is 27.6. The molecule has 7 fully saturated rings. The number of hydrogen-bond acceptors (Lipinski definition) is 6. The van der Waals surface area contributed by atoms with E-state index >= 15 is 0 Å². The number of aliphatic hydroxyl groups excluding tert-OH is 1. The molecule has 4 unspecified atom stereocenters. The van der Waals surface area contributed by atoms with E-state index < -0.39 is 18.3 Å². The Kier molecular flexibility index (Phi) is 6.65. The van der Waals surface area contributed by atoms with Crippen LogP contribution < -0.4 is 5.73 Å². The molecule has 0 aromatic carbocycles. The summed E-state index contributed by atoms with van der Waals surface area (Å²) in [5.41, 5.74) is 5.67. The average molecular weight is 601 g/mol. The van der Waals surface area contributed by atoms with E-state index in [4.69, 9.17) is 19.9 Å². The van der Waals surface area contributed by atoms with Gasteiger partial charge in [-0.05, 0) is 104 Å². The highest BCUT2D eigenvalue weighted by Gasteiger charge is 2.84. The minimum absolute atomic E-state index is 0.0225. The Morgan fingerprint density at radius 3 is 2.30 bits per heavy atom. The Hall–Kier alpha value is -1.54. The summed E-state index contributed by atoms with van der Waals surface area (Å²) < 4.78 is 18.7. The van der Waals surface area contributed by atoms with E-state index in [2.05, 4.69) is 34.6 Å². The van der Waals surface area contributed by atoms with E-state index in [0.29, 0.717) is 17.8 Å². The third-order valence-electron chi connectivity index (χ3n) is 15.4. The minimum Gasteiger partial charge on any atom is -0.446 e. The molecule has 8 heteroatoms. The van der Waals surface area contributed by atoms with Gasteiger partial charge in [0, 0.05) is 23.9 Å². The molecule has 8 nitrogen and oxygen atoms in total. The average Bonchev–Trinajstić information content (AvgIpc) is 3.52. The topological polar surface area (TPSA) is 111 Å². The summed E-state index contributed by atoms with van der Waals surface area (Å²) in [7, 11) is 0. The fourth-order valence-electron chi connectivity index (χ4n) is 13.2. The normalized spacial score (nSPS) is 51.5. The van der Waals surface area contributed by atoms with Crippen LogP contribution in [0.3, 0.4) is 0 Å². The molecule has 2 spiro atoms. The number of carbonyl (C=O) groups excluding carboxylic acids is 2.